The third-order valence-electron chi connectivity index (χ3n) is 2.92. The van der Waals surface area contributed by atoms with E-state index in [0.717, 1.165) is 24.0 Å². The molecule has 1 aliphatic carbocycles. The van der Waals surface area contributed by atoms with Gasteiger partial charge >= 0.3 is 6.61 Å². The molecule has 0 radical (unpaired) electrons. The molecular formula is C13H13F2NO2. The number of amides is 1. The fraction of sp³-hybridized carbons (Fsp3) is 0.308. The van der Waals surface area contributed by atoms with Crippen LogP contribution in [0.15, 0.2) is 30.9 Å². The van der Waals surface area contributed by atoms with Gasteiger partial charge < -0.3 is 10.1 Å². The van der Waals surface area contributed by atoms with Gasteiger partial charge in [0.1, 0.15) is 5.75 Å². The molecule has 1 amide bonds. The summed E-state index contributed by atoms with van der Waals surface area (Å²) in [7, 11) is 0. The number of rotatable bonds is 4. The van der Waals surface area contributed by atoms with Gasteiger partial charge in [0, 0.05) is 0 Å². The van der Waals surface area contributed by atoms with E-state index in [9.17, 15) is 13.6 Å². The minimum atomic E-state index is -2.84. The molecule has 0 saturated carbocycles. The smallest absolute Gasteiger partial charge is 0.387 e. The van der Waals surface area contributed by atoms with Crippen LogP contribution in [0.2, 0.25) is 0 Å². The number of hydrogen-bond acceptors (Lipinski definition) is 2. The summed E-state index contributed by atoms with van der Waals surface area (Å²) in [6.45, 7) is 0.538. The Labute approximate surface area is 103 Å². The molecule has 96 valence electrons. The maximum atomic E-state index is 12.1. The molecule has 3 nitrogen and oxygen atoms in total. The summed E-state index contributed by atoms with van der Waals surface area (Å²) in [5.74, 6) is -0.156. The van der Waals surface area contributed by atoms with Gasteiger partial charge in [-0.25, -0.2) is 0 Å². The molecule has 1 atom stereocenters. The summed E-state index contributed by atoms with van der Waals surface area (Å²) in [6, 6.07) is 4.67. The van der Waals surface area contributed by atoms with Crippen LogP contribution in [0.3, 0.4) is 0 Å². The number of benzene rings is 1. The van der Waals surface area contributed by atoms with E-state index in [2.05, 4.69) is 16.6 Å². The van der Waals surface area contributed by atoms with Crippen molar-refractivity contribution >= 4 is 5.91 Å². The molecule has 0 spiro atoms. The molecule has 5 heteroatoms. The topological polar surface area (TPSA) is 38.3 Å². The van der Waals surface area contributed by atoms with Crippen LogP contribution >= 0.6 is 0 Å². The third-order valence-corrected chi connectivity index (χ3v) is 2.92. The highest BCUT2D eigenvalue weighted by Crippen LogP contribution is 2.34. The number of carbonyl (C=O) groups is 1. The molecule has 2 rings (SSSR count). The Morgan fingerprint density at radius 1 is 1.56 bits per heavy atom. The lowest BCUT2D eigenvalue weighted by molar-refractivity contribution is -0.117. The van der Waals surface area contributed by atoms with Crippen molar-refractivity contribution in [3.63, 3.8) is 0 Å². The van der Waals surface area contributed by atoms with Crippen molar-refractivity contribution in [3.05, 3.63) is 42.0 Å². The van der Waals surface area contributed by atoms with Gasteiger partial charge in [0.2, 0.25) is 5.91 Å². The van der Waals surface area contributed by atoms with Gasteiger partial charge in [-0.2, -0.15) is 8.78 Å². The van der Waals surface area contributed by atoms with Gasteiger partial charge in [0.25, 0.3) is 0 Å². The number of nitrogens with one attached hydrogen (secondary N) is 1. The Morgan fingerprint density at radius 3 is 3.00 bits per heavy atom. The number of hydrogen-bond donors (Lipinski definition) is 1. The summed E-state index contributed by atoms with van der Waals surface area (Å²) in [4.78, 5) is 11.3. The Bertz CT molecular complexity index is 474. The SMILES string of the molecule is C=CC(=O)N[C@@H]1CCc2ccc(OC(F)F)cc21. The zero-order valence-electron chi connectivity index (χ0n) is 9.66. The monoisotopic (exact) mass is 253 g/mol. The van der Waals surface area contributed by atoms with Crippen molar-refractivity contribution in [2.24, 2.45) is 0 Å². The van der Waals surface area contributed by atoms with Crippen LogP contribution in [0.4, 0.5) is 8.78 Å². The first-order valence-corrected chi connectivity index (χ1v) is 5.60. The molecule has 0 aromatic heterocycles. The minimum Gasteiger partial charge on any atom is -0.435 e. The van der Waals surface area contributed by atoms with Crippen molar-refractivity contribution in [2.75, 3.05) is 0 Å². The van der Waals surface area contributed by atoms with Crippen molar-refractivity contribution in [3.8, 4) is 5.75 Å². The second-order valence-corrected chi connectivity index (χ2v) is 4.04. The molecule has 0 unspecified atom stereocenters. The lowest BCUT2D eigenvalue weighted by Crippen LogP contribution is -2.24. The lowest BCUT2D eigenvalue weighted by atomic mass is 10.1. The van der Waals surface area contributed by atoms with Crippen LogP contribution in [0.25, 0.3) is 0 Å². The molecule has 1 N–H and O–H groups in total. The molecule has 0 bridgehead atoms. The zero-order chi connectivity index (χ0) is 13.1. The van der Waals surface area contributed by atoms with E-state index in [-0.39, 0.29) is 17.7 Å². The van der Waals surface area contributed by atoms with Crippen molar-refractivity contribution in [1.82, 2.24) is 5.32 Å². The Balaban J connectivity index is 2.19. The van der Waals surface area contributed by atoms with E-state index < -0.39 is 6.61 Å². The largest absolute Gasteiger partial charge is 0.435 e. The molecule has 0 saturated heterocycles. The number of fused-ring (bicyclic) bond motifs is 1. The molecule has 0 aliphatic heterocycles. The minimum absolute atomic E-state index is 0.114. The van der Waals surface area contributed by atoms with Gasteiger partial charge in [0.15, 0.2) is 0 Å². The summed E-state index contributed by atoms with van der Waals surface area (Å²) in [5.41, 5.74) is 1.88. The number of halogens is 2. The highest BCUT2D eigenvalue weighted by atomic mass is 19.3. The van der Waals surface area contributed by atoms with Gasteiger partial charge in [-0.3, -0.25) is 4.79 Å². The fourth-order valence-electron chi connectivity index (χ4n) is 2.14. The standard InChI is InChI=1S/C13H13F2NO2/c1-2-12(17)16-11-6-4-8-3-5-9(7-10(8)11)18-13(14)15/h2-3,5,7,11,13H,1,4,6H2,(H,16,17)/t11-/m1/s1. The van der Waals surface area contributed by atoms with E-state index in [1.54, 1.807) is 12.1 Å². The Hall–Kier alpha value is -1.91. The number of aryl methyl sites for hydroxylation is 1. The number of ether oxygens (including phenoxy) is 1. The second-order valence-electron chi connectivity index (χ2n) is 4.04. The van der Waals surface area contributed by atoms with Crippen molar-refractivity contribution in [2.45, 2.75) is 25.5 Å². The summed E-state index contributed by atoms with van der Waals surface area (Å²) < 4.78 is 28.6. The molecule has 0 fully saturated rings. The number of carbonyl (C=O) groups excluding carboxylic acids is 1. The molecule has 0 heterocycles. The van der Waals surface area contributed by atoms with Crippen LogP contribution in [0.5, 0.6) is 5.75 Å². The molecule has 1 aliphatic rings. The predicted molar refractivity (Wildman–Crippen MR) is 62.5 cm³/mol. The summed E-state index contributed by atoms with van der Waals surface area (Å²) >= 11 is 0. The van der Waals surface area contributed by atoms with Crippen molar-refractivity contribution in [1.29, 1.82) is 0 Å². The average Bonchev–Trinajstić information content (AvgIpc) is 2.71. The van der Waals surface area contributed by atoms with Gasteiger partial charge in [-0.05, 0) is 42.2 Å². The van der Waals surface area contributed by atoms with E-state index in [4.69, 9.17) is 0 Å². The zero-order valence-corrected chi connectivity index (χ0v) is 9.66. The Kier molecular flexibility index (Phi) is 3.60. The van der Waals surface area contributed by atoms with Crippen LogP contribution in [-0.4, -0.2) is 12.5 Å². The summed E-state index contributed by atoms with van der Waals surface area (Å²) in [5, 5.41) is 2.77. The highest BCUT2D eigenvalue weighted by Gasteiger charge is 2.24. The maximum absolute atomic E-state index is 12.1. The van der Waals surface area contributed by atoms with E-state index in [0.29, 0.717) is 0 Å². The van der Waals surface area contributed by atoms with E-state index in [1.807, 2.05) is 0 Å². The third kappa shape index (κ3) is 2.67. The van der Waals surface area contributed by atoms with E-state index >= 15 is 0 Å². The first-order chi connectivity index (χ1) is 8.60. The quantitative estimate of drug-likeness (QED) is 0.837. The van der Waals surface area contributed by atoms with Gasteiger partial charge in [0.05, 0.1) is 6.04 Å². The summed E-state index contributed by atoms with van der Waals surface area (Å²) in [6.07, 6.45) is 2.76. The first kappa shape index (κ1) is 12.5. The average molecular weight is 253 g/mol. The Morgan fingerprint density at radius 2 is 2.33 bits per heavy atom. The molecule has 1 aromatic carbocycles. The second kappa shape index (κ2) is 5.16. The normalized spacial score (nSPS) is 17.4. The van der Waals surface area contributed by atoms with Crippen molar-refractivity contribution < 1.29 is 18.3 Å². The number of alkyl halides is 2. The molecular weight excluding hydrogens is 240 g/mol. The highest BCUT2D eigenvalue weighted by molar-refractivity contribution is 5.87. The first-order valence-electron chi connectivity index (χ1n) is 5.60. The van der Waals surface area contributed by atoms with E-state index in [1.165, 1.54) is 12.1 Å². The molecule has 18 heavy (non-hydrogen) atoms. The maximum Gasteiger partial charge on any atom is 0.387 e. The van der Waals surface area contributed by atoms with Crippen LogP contribution in [-0.2, 0) is 11.2 Å². The van der Waals surface area contributed by atoms with Crippen LogP contribution < -0.4 is 10.1 Å². The predicted octanol–water partition coefficient (Wildman–Crippen LogP) is 2.58. The van der Waals surface area contributed by atoms with Crippen LogP contribution in [0, 0.1) is 0 Å². The molecule has 1 aromatic rings. The van der Waals surface area contributed by atoms with Gasteiger partial charge in [-0.1, -0.05) is 12.6 Å². The van der Waals surface area contributed by atoms with Crippen LogP contribution in [0.1, 0.15) is 23.6 Å². The van der Waals surface area contributed by atoms with Gasteiger partial charge in [-0.15, -0.1) is 0 Å². The lowest BCUT2D eigenvalue weighted by Gasteiger charge is -2.14. The fourth-order valence-corrected chi connectivity index (χ4v) is 2.14.